The van der Waals surface area contributed by atoms with Gasteiger partial charge in [-0.15, -0.1) is 0 Å². The molecule has 10 heteroatoms. The number of halogens is 1. The van der Waals surface area contributed by atoms with Crippen molar-refractivity contribution in [1.82, 2.24) is 16.0 Å². The number of carbonyl (C=O) groups excluding carboxylic acids is 4. The van der Waals surface area contributed by atoms with Gasteiger partial charge in [0.25, 0.3) is 0 Å². The molecule has 0 saturated heterocycles. The van der Waals surface area contributed by atoms with Gasteiger partial charge in [0.15, 0.2) is 0 Å². The number of hydrogen-bond acceptors (Lipinski definition) is 6. The molecule has 0 unspecified atom stereocenters. The number of ether oxygens (including phenoxy) is 2. The lowest BCUT2D eigenvalue weighted by molar-refractivity contribution is -0.158. The van der Waals surface area contributed by atoms with Crippen LogP contribution in [0.4, 0.5) is 4.79 Å². The molecular weight excluding hydrogens is 434 g/mol. The van der Waals surface area contributed by atoms with Gasteiger partial charge in [-0.2, -0.15) is 0 Å². The Bertz CT molecular complexity index is 562. The number of amides is 3. The van der Waals surface area contributed by atoms with Gasteiger partial charge in [0, 0.05) is 5.33 Å². The molecule has 0 fully saturated rings. The number of carbonyl (C=O) groups is 4. The lowest BCUT2D eigenvalue weighted by Gasteiger charge is -2.26. The molecule has 3 N–H and O–H groups in total. The fourth-order valence-electron chi connectivity index (χ4n) is 1.98. The third-order valence-corrected chi connectivity index (χ3v) is 3.73. The molecule has 0 aliphatic carbocycles. The highest BCUT2D eigenvalue weighted by Gasteiger charge is 2.30. The Kier molecular flexibility index (Phi) is 11.1. The number of hydrogen-bond donors (Lipinski definition) is 3. The van der Waals surface area contributed by atoms with Crippen LogP contribution in [0.5, 0.6) is 0 Å². The van der Waals surface area contributed by atoms with E-state index in [-0.39, 0.29) is 12.5 Å². The van der Waals surface area contributed by atoms with Crippen molar-refractivity contribution in [3.8, 4) is 0 Å². The van der Waals surface area contributed by atoms with E-state index >= 15 is 0 Å². The molecule has 0 rings (SSSR count). The molecule has 0 bridgehead atoms. The number of esters is 1. The lowest BCUT2D eigenvalue weighted by Crippen LogP contribution is -2.56. The number of alkyl halides is 1. The van der Waals surface area contributed by atoms with E-state index in [4.69, 9.17) is 9.47 Å². The monoisotopic (exact) mass is 465 g/mol. The third kappa shape index (κ3) is 10.5. The van der Waals surface area contributed by atoms with Crippen molar-refractivity contribution in [2.75, 3.05) is 11.9 Å². The highest BCUT2D eigenvalue weighted by molar-refractivity contribution is 9.09. The minimum absolute atomic E-state index is 0.166. The van der Waals surface area contributed by atoms with E-state index in [2.05, 4.69) is 31.9 Å². The maximum absolute atomic E-state index is 12.5. The zero-order valence-corrected chi connectivity index (χ0v) is 19.1. The molecule has 0 aromatic heterocycles. The standard InChI is InChI=1S/C18H32BrN3O6/c1-10(2)13(15(24)20-12(4)16(25)28-18(5,6)7)22-14(23)11(3)21-17(26)27-9-8-19/h10-13H,8-9H2,1-7H3,(H,20,24)(H,21,26)(H,22,23)/t11-,12-,13-/m0/s1. The van der Waals surface area contributed by atoms with Gasteiger partial charge in [0.05, 0.1) is 0 Å². The van der Waals surface area contributed by atoms with Crippen LogP contribution < -0.4 is 16.0 Å². The molecule has 0 spiro atoms. The Morgan fingerprint density at radius 1 is 0.893 bits per heavy atom. The molecule has 9 nitrogen and oxygen atoms in total. The summed E-state index contributed by atoms with van der Waals surface area (Å²) in [4.78, 5) is 48.4. The summed E-state index contributed by atoms with van der Waals surface area (Å²) in [7, 11) is 0. The van der Waals surface area contributed by atoms with Crippen molar-refractivity contribution in [1.29, 1.82) is 0 Å². The Morgan fingerprint density at radius 3 is 1.93 bits per heavy atom. The highest BCUT2D eigenvalue weighted by Crippen LogP contribution is 2.09. The van der Waals surface area contributed by atoms with Crippen LogP contribution in [-0.4, -0.2) is 59.5 Å². The van der Waals surface area contributed by atoms with Gasteiger partial charge in [0.2, 0.25) is 11.8 Å². The van der Waals surface area contributed by atoms with Gasteiger partial charge in [-0.25, -0.2) is 9.59 Å². The van der Waals surface area contributed by atoms with E-state index in [1.165, 1.54) is 13.8 Å². The Morgan fingerprint density at radius 2 is 1.46 bits per heavy atom. The summed E-state index contributed by atoms with van der Waals surface area (Å²) in [6.07, 6.45) is -0.730. The van der Waals surface area contributed by atoms with Gasteiger partial charge in [-0.05, 0) is 40.5 Å². The summed E-state index contributed by atoms with van der Waals surface area (Å²) in [6, 6.07) is -2.67. The molecule has 3 amide bonds. The van der Waals surface area contributed by atoms with Crippen molar-refractivity contribution in [3.05, 3.63) is 0 Å². The smallest absolute Gasteiger partial charge is 0.407 e. The van der Waals surface area contributed by atoms with Gasteiger partial charge in [-0.3, -0.25) is 9.59 Å². The molecule has 28 heavy (non-hydrogen) atoms. The average Bonchev–Trinajstić information content (AvgIpc) is 2.55. The minimum Gasteiger partial charge on any atom is -0.458 e. The molecule has 0 aromatic carbocycles. The zero-order valence-electron chi connectivity index (χ0n) is 17.6. The van der Waals surface area contributed by atoms with Crippen molar-refractivity contribution in [2.24, 2.45) is 5.92 Å². The number of rotatable bonds is 9. The Labute approximate surface area is 174 Å². The first-order valence-electron chi connectivity index (χ1n) is 9.11. The van der Waals surface area contributed by atoms with Crippen LogP contribution in [0.25, 0.3) is 0 Å². The van der Waals surface area contributed by atoms with Crippen LogP contribution in [0.2, 0.25) is 0 Å². The van der Waals surface area contributed by atoms with E-state index in [0.717, 1.165) is 0 Å². The summed E-state index contributed by atoms with van der Waals surface area (Å²) in [6.45, 7) is 11.9. The quantitative estimate of drug-likeness (QED) is 0.350. The third-order valence-electron chi connectivity index (χ3n) is 3.40. The molecule has 0 heterocycles. The fraction of sp³-hybridized carbons (Fsp3) is 0.778. The Balaban J connectivity index is 4.84. The second-order valence-electron chi connectivity index (χ2n) is 7.68. The normalized spacial score (nSPS) is 14.5. The minimum atomic E-state index is -0.903. The maximum Gasteiger partial charge on any atom is 0.407 e. The van der Waals surface area contributed by atoms with E-state index in [9.17, 15) is 19.2 Å². The summed E-state index contributed by atoms with van der Waals surface area (Å²) in [5.41, 5.74) is -0.674. The van der Waals surface area contributed by atoms with Crippen LogP contribution in [0.1, 0.15) is 48.5 Å². The first kappa shape index (κ1) is 26.2. The summed E-state index contributed by atoms with van der Waals surface area (Å²) < 4.78 is 10.1. The second-order valence-corrected chi connectivity index (χ2v) is 8.48. The molecule has 0 radical (unpaired) electrons. The second kappa shape index (κ2) is 11.9. The SMILES string of the molecule is CC(C)[C@H](NC(=O)[C@H](C)NC(=O)OCCBr)C(=O)N[C@@H](C)C(=O)OC(C)(C)C. The average molecular weight is 466 g/mol. The molecule has 3 atom stereocenters. The summed E-state index contributed by atoms with van der Waals surface area (Å²) in [5.74, 6) is -1.88. The molecule has 0 aliphatic rings. The van der Waals surface area contributed by atoms with Crippen LogP contribution in [0.15, 0.2) is 0 Å². The van der Waals surface area contributed by atoms with Crippen LogP contribution in [0.3, 0.4) is 0 Å². The molecule has 162 valence electrons. The summed E-state index contributed by atoms with van der Waals surface area (Å²) >= 11 is 3.12. The number of nitrogens with one attached hydrogen (secondary N) is 3. The van der Waals surface area contributed by atoms with E-state index < -0.39 is 47.6 Å². The largest absolute Gasteiger partial charge is 0.458 e. The van der Waals surface area contributed by atoms with Crippen LogP contribution >= 0.6 is 15.9 Å². The van der Waals surface area contributed by atoms with E-state index in [0.29, 0.717) is 5.33 Å². The topological polar surface area (TPSA) is 123 Å². The van der Waals surface area contributed by atoms with Crippen LogP contribution in [-0.2, 0) is 23.9 Å². The van der Waals surface area contributed by atoms with Gasteiger partial charge in [0.1, 0.15) is 30.3 Å². The summed E-state index contributed by atoms with van der Waals surface area (Å²) in [5, 5.41) is 8.00. The van der Waals surface area contributed by atoms with E-state index in [1.54, 1.807) is 34.6 Å². The molecule has 0 aliphatic heterocycles. The van der Waals surface area contributed by atoms with Gasteiger partial charge >= 0.3 is 12.1 Å². The van der Waals surface area contributed by atoms with Crippen LogP contribution in [0, 0.1) is 5.92 Å². The van der Waals surface area contributed by atoms with Crippen molar-refractivity contribution >= 4 is 39.8 Å². The molecular formula is C18H32BrN3O6. The van der Waals surface area contributed by atoms with Crippen molar-refractivity contribution in [2.45, 2.75) is 72.2 Å². The maximum atomic E-state index is 12.5. The predicted molar refractivity (Wildman–Crippen MR) is 108 cm³/mol. The highest BCUT2D eigenvalue weighted by atomic mass is 79.9. The van der Waals surface area contributed by atoms with Crippen molar-refractivity contribution in [3.63, 3.8) is 0 Å². The molecule has 0 aromatic rings. The van der Waals surface area contributed by atoms with E-state index in [1.807, 2.05) is 0 Å². The Hall–Kier alpha value is -1.84. The van der Waals surface area contributed by atoms with Gasteiger partial charge in [-0.1, -0.05) is 29.8 Å². The zero-order chi connectivity index (χ0) is 22.1. The predicted octanol–water partition coefficient (Wildman–Crippen LogP) is 1.48. The molecule has 0 saturated carbocycles. The fourth-order valence-corrected chi connectivity index (χ4v) is 2.14. The van der Waals surface area contributed by atoms with Gasteiger partial charge < -0.3 is 25.4 Å². The lowest BCUT2D eigenvalue weighted by atomic mass is 10.0. The first-order chi connectivity index (χ1) is 12.8. The first-order valence-corrected chi connectivity index (χ1v) is 10.2. The van der Waals surface area contributed by atoms with Crippen molar-refractivity contribution < 1.29 is 28.7 Å². The number of alkyl carbamates (subject to hydrolysis) is 1.